The van der Waals surface area contributed by atoms with Crippen LogP contribution < -0.4 is 10.6 Å². The van der Waals surface area contributed by atoms with E-state index in [1.807, 2.05) is 4.57 Å². The van der Waals surface area contributed by atoms with Gasteiger partial charge in [0.2, 0.25) is 0 Å². The molecule has 132 valence electrons. The van der Waals surface area contributed by atoms with Crippen LogP contribution in [0.1, 0.15) is 59.8 Å². The molecule has 23 heavy (non-hydrogen) atoms. The van der Waals surface area contributed by atoms with E-state index in [4.69, 9.17) is 0 Å². The van der Waals surface area contributed by atoms with Crippen molar-refractivity contribution in [2.24, 2.45) is 10.9 Å². The van der Waals surface area contributed by atoms with Gasteiger partial charge < -0.3 is 15.2 Å². The molecule has 1 heterocycles. The van der Waals surface area contributed by atoms with Crippen LogP contribution in [0.15, 0.2) is 17.6 Å². The number of rotatable bonds is 11. The Morgan fingerprint density at radius 1 is 1.09 bits per heavy atom. The second-order valence-corrected chi connectivity index (χ2v) is 6.54. The van der Waals surface area contributed by atoms with Crippen LogP contribution in [0.4, 0.5) is 0 Å². The maximum atomic E-state index is 4.67. The SMILES string of the molecule is CCNC(=NCCCCn1cnnc1)NC(C)CCCC(C)C. The molecule has 0 saturated heterocycles. The molecule has 0 spiro atoms. The fourth-order valence-electron chi connectivity index (χ4n) is 2.39. The molecule has 0 aliphatic rings. The van der Waals surface area contributed by atoms with Gasteiger partial charge in [-0.25, -0.2) is 0 Å². The van der Waals surface area contributed by atoms with E-state index < -0.39 is 0 Å². The Hall–Kier alpha value is -1.59. The highest BCUT2D eigenvalue weighted by atomic mass is 15.2. The molecule has 0 aliphatic heterocycles. The van der Waals surface area contributed by atoms with Gasteiger partial charge in [-0.2, -0.15) is 0 Å². The van der Waals surface area contributed by atoms with Crippen LogP contribution in [0.25, 0.3) is 0 Å². The normalized spacial score (nSPS) is 13.3. The van der Waals surface area contributed by atoms with Gasteiger partial charge in [-0.3, -0.25) is 4.99 Å². The highest BCUT2D eigenvalue weighted by Crippen LogP contribution is 2.08. The summed E-state index contributed by atoms with van der Waals surface area (Å²) in [5.41, 5.74) is 0. The smallest absolute Gasteiger partial charge is 0.191 e. The molecule has 0 amide bonds. The maximum Gasteiger partial charge on any atom is 0.191 e. The van der Waals surface area contributed by atoms with Gasteiger partial charge in [-0.05, 0) is 39.0 Å². The van der Waals surface area contributed by atoms with Crippen molar-refractivity contribution < 1.29 is 0 Å². The molecule has 0 aromatic carbocycles. The van der Waals surface area contributed by atoms with E-state index in [1.165, 1.54) is 19.3 Å². The van der Waals surface area contributed by atoms with Crippen LogP contribution >= 0.6 is 0 Å². The zero-order valence-electron chi connectivity index (χ0n) is 15.3. The van der Waals surface area contributed by atoms with Crippen molar-refractivity contribution in [1.29, 1.82) is 0 Å². The Bertz CT molecular complexity index is 413. The molecule has 0 radical (unpaired) electrons. The van der Waals surface area contributed by atoms with Gasteiger partial charge in [0, 0.05) is 25.7 Å². The average Bonchev–Trinajstić information content (AvgIpc) is 3.00. The minimum absolute atomic E-state index is 0.462. The first kappa shape index (κ1) is 19.5. The van der Waals surface area contributed by atoms with E-state index >= 15 is 0 Å². The Labute approximate surface area is 141 Å². The first-order chi connectivity index (χ1) is 11.1. The molecule has 1 rings (SSSR count). The summed E-state index contributed by atoms with van der Waals surface area (Å²) >= 11 is 0. The molecule has 0 aliphatic carbocycles. The third kappa shape index (κ3) is 9.92. The molecule has 0 fully saturated rings. The summed E-state index contributed by atoms with van der Waals surface area (Å²) in [5, 5.41) is 14.5. The van der Waals surface area contributed by atoms with Gasteiger partial charge in [-0.1, -0.05) is 26.7 Å². The summed E-state index contributed by atoms with van der Waals surface area (Å²) < 4.78 is 2.00. The molecule has 6 nitrogen and oxygen atoms in total. The van der Waals surface area contributed by atoms with Gasteiger partial charge in [0.05, 0.1) is 0 Å². The van der Waals surface area contributed by atoms with Crippen LogP contribution in [0.5, 0.6) is 0 Å². The Kier molecular flexibility index (Phi) is 10.1. The van der Waals surface area contributed by atoms with Crippen LogP contribution in [0, 0.1) is 5.92 Å². The highest BCUT2D eigenvalue weighted by Gasteiger charge is 2.05. The third-order valence-electron chi connectivity index (χ3n) is 3.71. The molecular formula is C17H34N6. The second-order valence-electron chi connectivity index (χ2n) is 6.54. The number of hydrogen-bond acceptors (Lipinski definition) is 3. The number of guanidine groups is 1. The molecule has 1 aromatic heterocycles. The molecule has 6 heteroatoms. The Balaban J connectivity index is 2.23. The Morgan fingerprint density at radius 2 is 1.83 bits per heavy atom. The fraction of sp³-hybridized carbons (Fsp3) is 0.824. The lowest BCUT2D eigenvalue weighted by Crippen LogP contribution is -2.42. The lowest BCUT2D eigenvalue weighted by Gasteiger charge is -2.18. The Morgan fingerprint density at radius 3 is 2.48 bits per heavy atom. The van der Waals surface area contributed by atoms with Crippen molar-refractivity contribution in [1.82, 2.24) is 25.4 Å². The molecule has 1 atom stereocenters. The number of aromatic nitrogens is 3. The molecule has 2 N–H and O–H groups in total. The number of aryl methyl sites for hydroxylation is 1. The predicted molar refractivity (Wildman–Crippen MR) is 96.5 cm³/mol. The van der Waals surface area contributed by atoms with E-state index in [2.05, 4.69) is 53.5 Å². The quantitative estimate of drug-likeness (QED) is 0.373. The first-order valence-corrected chi connectivity index (χ1v) is 8.99. The lowest BCUT2D eigenvalue weighted by molar-refractivity contribution is 0.491. The maximum absolute atomic E-state index is 4.67. The van der Waals surface area contributed by atoms with E-state index in [9.17, 15) is 0 Å². The molecular weight excluding hydrogens is 288 g/mol. The lowest BCUT2D eigenvalue weighted by atomic mass is 10.0. The molecule has 0 saturated carbocycles. The minimum Gasteiger partial charge on any atom is -0.357 e. The van der Waals surface area contributed by atoms with Gasteiger partial charge in [0.25, 0.3) is 0 Å². The van der Waals surface area contributed by atoms with Crippen molar-refractivity contribution in [3.63, 3.8) is 0 Å². The second kappa shape index (κ2) is 11.9. The van der Waals surface area contributed by atoms with Gasteiger partial charge in [0.15, 0.2) is 5.96 Å². The van der Waals surface area contributed by atoms with Crippen molar-refractivity contribution in [2.45, 2.75) is 72.4 Å². The monoisotopic (exact) mass is 322 g/mol. The van der Waals surface area contributed by atoms with Crippen molar-refractivity contribution in [3.8, 4) is 0 Å². The predicted octanol–water partition coefficient (Wildman–Crippen LogP) is 2.83. The summed E-state index contributed by atoms with van der Waals surface area (Å²) in [7, 11) is 0. The van der Waals surface area contributed by atoms with Gasteiger partial charge in [-0.15, -0.1) is 10.2 Å². The van der Waals surface area contributed by atoms with Crippen LogP contribution in [0.2, 0.25) is 0 Å². The molecule has 0 bridgehead atoms. The average molecular weight is 323 g/mol. The number of nitrogens with one attached hydrogen (secondary N) is 2. The van der Waals surface area contributed by atoms with Crippen LogP contribution in [0.3, 0.4) is 0 Å². The number of nitrogens with zero attached hydrogens (tertiary/aromatic N) is 4. The van der Waals surface area contributed by atoms with Crippen molar-refractivity contribution in [3.05, 3.63) is 12.7 Å². The van der Waals surface area contributed by atoms with E-state index in [-0.39, 0.29) is 0 Å². The topological polar surface area (TPSA) is 67.1 Å². The summed E-state index contributed by atoms with van der Waals surface area (Å²) in [5.74, 6) is 1.73. The summed E-state index contributed by atoms with van der Waals surface area (Å²) in [6.07, 6.45) is 9.42. The number of hydrogen-bond donors (Lipinski definition) is 2. The van der Waals surface area contributed by atoms with E-state index in [1.54, 1.807) is 12.7 Å². The number of unbranched alkanes of at least 4 members (excludes halogenated alkanes) is 1. The zero-order chi connectivity index (χ0) is 16.9. The third-order valence-corrected chi connectivity index (χ3v) is 3.71. The van der Waals surface area contributed by atoms with Crippen LogP contribution in [-0.2, 0) is 6.54 Å². The van der Waals surface area contributed by atoms with Gasteiger partial charge in [0.1, 0.15) is 12.7 Å². The zero-order valence-corrected chi connectivity index (χ0v) is 15.3. The number of aliphatic imine (C=N–C) groups is 1. The van der Waals surface area contributed by atoms with Crippen molar-refractivity contribution in [2.75, 3.05) is 13.1 Å². The summed E-state index contributed by atoms with van der Waals surface area (Å²) in [6.45, 7) is 11.6. The summed E-state index contributed by atoms with van der Waals surface area (Å²) in [6, 6.07) is 0.462. The van der Waals surface area contributed by atoms with E-state index in [0.717, 1.165) is 44.4 Å². The minimum atomic E-state index is 0.462. The highest BCUT2D eigenvalue weighted by molar-refractivity contribution is 5.79. The van der Waals surface area contributed by atoms with Crippen molar-refractivity contribution >= 4 is 5.96 Å². The van der Waals surface area contributed by atoms with E-state index in [0.29, 0.717) is 6.04 Å². The fourth-order valence-corrected chi connectivity index (χ4v) is 2.39. The first-order valence-electron chi connectivity index (χ1n) is 8.99. The van der Waals surface area contributed by atoms with Crippen LogP contribution in [-0.4, -0.2) is 39.9 Å². The summed E-state index contributed by atoms with van der Waals surface area (Å²) in [4.78, 5) is 4.67. The standard InChI is InChI=1S/C17H34N6/c1-5-18-17(22-16(4)10-8-9-15(2)3)19-11-6-7-12-23-13-20-21-14-23/h13-16H,5-12H2,1-4H3,(H2,18,19,22). The van der Waals surface area contributed by atoms with Gasteiger partial charge >= 0.3 is 0 Å². The largest absolute Gasteiger partial charge is 0.357 e. The molecule has 1 unspecified atom stereocenters. The molecule has 1 aromatic rings.